The summed E-state index contributed by atoms with van der Waals surface area (Å²) in [4.78, 5) is 26.0. The zero-order chi connectivity index (χ0) is 42.4. The summed E-state index contributed by atoms with van der Waals surface area (Å²) in [5, 5.41) is 23.6. The summed E-state index contributed by atoms with van der Waals surface area (Å²) in [5.74, 6) is -0.530. The largest absolute Gasteiger partial charge is 0.462 e. The van der Waals surface area contributed by atoms with Crippen molar-refractivity contribution in [3.63, 3.8) is 0 Å². The summed E-state index contributed by atoms with van der Waals surface area (Å²) in [6.45, 7) is 6.33. The monoisotopic (exact) mass is 812 g/mol. The lowest BCUT2D eigenvalue weighted by molar-refractivity contribution is -0.151. The smallest absolute Gasteiger partial charge is 0.306 e. The summed E-state index contributed by atoms with van der Waals surface area (Å²) in [6, 6.07) is -0.714. The van der Waals surface area contributed by atoms with E-state index in [9.17, 15) is 19.8 Å². The predicted molar refractivity (Wildman–Crippen MR) is 250 cm³/mol. The SMILES string of the molecule is CC/C=C/C/C=C/C/C=C/CCCCCCC(CC(=O)NC(CO)C(O)CCCCCCCCCCC)OC(=O)CCCCC/C=C/C=C/CCCCCCCCC. The highest BCUT2D eigenvalue weighted by Gasteiger charge is 2.24. The van der Waals surface area contributed by atoms with Crippen molar-refractivity contribution in [2.24, 2.45) is 0 Å². The third-order valence-electron chi connectivity index (χ3n) is 10.9. The minimum Gasteiger partial charge on any atom is -0.462 e. The number of allylic oxidation sites excluding steroid dienone is 10. The number of unbranched alkanes of at least 4 members (excludes halogenated alkanes) is 22. The number of rotatable bonds is 43. The normalized spacial score (nSPS) is 13.8. The summed E-state index contributed by atoms with van der Waals surface area (Å²) in [7, 11) is 0. The molecule has 6 nitrogen and oxygen atoms in total. The Morgan fingerprint density at radius 3 is 1.52 bits per heavy atom. The van der Waals surface area contributed by atoms with Crippen molar-refractivity contribution in [3.8, 4) is 0 Å². The van der Waals surface area contributed by atoms with E-state index in [1.54, 1.807) is 0 Å². The van der Waals surface area contributed by atoms with Crippen LogP contribution >= 0.6 is 0 Å². The number of carbonyl (C=O) groups is 2. The van der Waals surface area contributed by atoms with Gasteiger partial charge in [0.25, 0.3) is 0 Å². The molecule has 3 N–H and O–H groups in total. The second-order valence-corrected chi connectivity index (χ2v) is 16.5. The van der Waals surface area contributed by atoms with E-state index in [-0.39, 0.29) is 24.9 Å². The second-order valence-electron chi connectivity index (χ2n) is 16.5. The van der Waals surface area contributed by atoms with E-state index in [1.807, 2.05) is 0 Å². The first-order valence-electron chi connectivity index (χ1n) is 24.5. The van der Waals surface area contributed by atoms with Gasteiger partial charge in [0, 0.05) is 6.42 Å². The van der Waals surface area contributed by atoms with E-state index in [2.05, 4.69) is 86.8 Å². The van der Waals surface area contributed by atoms with Gasteiger partial charge >= 0.3 is 5.97 Å². The van der Waals surface area contributed by atoms with Gasteiger partial charge in [0.1, 0.15) is 6.10 Å². The zero-order valence-corrected chi connectivity index (χ0v) is 38.2. The maximum atomic E-state index is 13.1. The minimum atomic E-state index is -0.798. The number of hydrogen-bond donors (Lipinski definition) is 3. The lowest BCUT2D eigenvalue weighted by atomic mass is 10.0. The standard InChI is InChI=1S/C52H93NO5/c1-4-7-10-13-16-19-21-23-25-26-28-30-33-36-39-42-45-52(57)58-48(43-40-37-34-32-29-27-24-22-20-17-14-11-8-5-2)46-51(56)53-49(47-54)50(55)44-41-38-35-31-18-15-12-9-6-3/h8,11,17,20,24-28,30,48-50,54-55H,4-7,9-10,12-16,18-19,21-23,29,31-47H2,1-3H3,(H,53,56)/b11-8+,20-17+,26-25+,27-24+,30-28+. The van der Waals surface area contributed by atoms with Crippen molar-refractivity contribution in [3.05, 3.63) is 60.8 Å². The molecule has 6 heteroatoms. The van der Waals surface area contributed by atoms with Crippen molar-refractivity contribution in [2.45, 2.75) is 251 Å². The molecule has 0 saturated carbocycles. The first kappa shape index (κ1) is 55.6. The van der Waals surface area contributed by atoms with Crippen molar-refractivity contribution >= 4 is 11.9 Å². The first-order valence-corrected chi connectivity index (χ1v) is 24.5. The molecule has 1 amide bonds. The summed E-state index contributed by atoms with van der Waals surface area (Å²) < 4.78 is 5.90. The van der Waals surface area contributed by atoms with Crippen molar-refractivity contribution in [2.75, 3.05) is 6.61 Å². The van der Waals surface area contributed by atoms with Gasteiger partial charge < -0.3 is 20.3 Å². The summed E-state index contributed by atoms with van der Waals surface area (Å²) in [5.41, 5.74) is 0. The predicted octanol–water partition coefficient (Wildman–Crippen LogP) is 14.5. The van der Waals surface area contributed by atoms with Crippen LogP contribution < -0.4 is 5.32 Å². The molecule has 0 aromatic rings. The highest BCUT2D eigenvalue weighted by Crippen LogP contribution is 2.17. The lowest BCUT2D eigenvalue weighted by Gasteiger charge is -2.24. The molecule has 0 heterocycles. The van der Waals surface area contributed by atoms with Crippen LogP contribution in [0.3, 0.4) is 0 Å². The molecule has 0 bridgehead atoms. The third-order valence-corrected chi connectivity index (χ3v) is 10.9. The van der Waals surface area contributed by atoms with Crippen LogP contribution in [-0.4, -0.2) is 46.9 Å². The molecule has 0 fully saturated rings. The number of ether oxygens (including phenoxy) is 1. The number of hydrogen-bond acceptors (Lipinski definition) is 5. The van der Waals surface area contributed by atoms with E-state index in [4.69, 9.17) is 4.74 Å². The van der Waals surface area contributed by atoms with Gasteiger partial charge in [-0.15, -0.1) is 0 Å². The Bertz CT molecular complexity index is 1050. The Labute approximate surface area is 358 Å². The Balaban J connectivity index is 4.67. The van der Waals surface area contributed by atoms with Crippen LogP contribution in [-0.2, 0) is 14.3 Å². The number of aliphatic hydroxyl groups is 2. The van der Waals surface area contributed by atoms with Crippen LogP contribution in [0.4, 0.5) is 0 Å². The average Bonchev–Trinajstić information content (AvgIpc) is 3.22. The quantitative estimate of drug-likeness (QED) is 0.0247. The fraction of sp³-hybridized carbons (Fsp3) is 0.769. The Morgan fingerprint density at radius 2 is 0.983 bits per heavy atom. The Morgan fingerprint density at radius 1 is 0.534 bits per heavy atom. The van der Waals surface area contributed by atoms with Crippen LogP contribution in [0.25, 0.3) is 0 Å². The topological polar surface area (TPSA) is 95.9 Å². The van der Waals surface area contributed by atoms with Gasteiger partial charge in [-0.2, -0.15) is 0 Å². The third kappa shape index (κ3) is 40.3. The molecule has 0 aromatic carbocycles. The maximum Gasteiger partial charge on any atom is 0.306 e. The molecule has 3 unspecified atom stereocenters. The minimum absolute atomic E-state index is 0.0504. The summed E-state index contributed by atoms with van der Waals surface area (Å²) >= 11 is 0. The molecule has 0 aliphatic heterocycles. The molecule has 0 aromatic heterocycles. The molecule has 58 heavy (non-hydrogen) atoms. The number of esters is 1. The number of amides is 1. The van der Waals surface area contributed by atoms with Gasteiger partial charge in [0.05, 0.1) is 25.2 Å². The van der Waals surface area contributed by atoms with E-state index in [0.29, 0.717) is 19.3 Å². The van der Waals surface area contributed by atoms with E-state index < -0.39 is 18.2 Å². The average molecular weight is 812 g/mol. The van der Waals surface area contributed by atoms with Gasteiger partial charge in [0.2, 0.25) is 5.91 Å². The summed E-state index contributed by atoms with van der Waals surface area (Å²) in [6.07, 6.45) is 55.7. The highest BCUT2D eigenvalue weighted by molar-refractivity contribution is 5.77. The Hall–Kier alpha value is -2.44. The number of aliphatic hydroxyl groups excluding tert-OH is 2. The van der Waals surface area contributed by atoms with Crippen molar-refractivity contribution < 1.29 is 24.5 Å². The zero-order valence-electron chi connectivity index (χ0n) is 38.2. The fourth-order valence-electron chi connectivity index (χ4n) is 7.14. The molecular weight excluding hydrogens is 719 g/mol. The Kier molecular flexibility index (Phi) is 43.7. The first-order chi connectivity index (χ1) is 28.5. The molecule has 0 aliphatic rings. The number of nitrogens with one attached hydrogen (secondary N) is 1. The van der Waals surface area contributed by atoms with E-state index in [0.717, 1.165) is 103 Å². The van der Waals surface area contributed by atoms with Crippen LogP contribution in [0.15, 0.2) is 60.8 Å². The van der Waals surface area contributed by atoms with Gasteiger partial charge in [-0.3, -0.25) is 9.59 Å². The van der Waals surface area contributed by atoms with Crippen molar-refractivity contribution in [1.82, 2.24) is 5.32 Å². The van der Waals surface area contributed by atoms with E-state index >= 15 is 0 Å². The second kappa shape index (κ2) is 45.6. The van der Waals surface area contributed by atoms with Crippen LogP contribution in [0.2, 0.25) is 0 Å². The molecular formula is C52H93NO5. The van der Waals surface area contributed by atoms with Gasteiger partial charge in [-0.05, 0) is 83.5 Å². The van der Waals surface area contributed by atoms with Crippen LogP contribution in [0.5, 0.6) is 0 Å². The molecule has 336 valence electrons. The molecule has 0 rings (SSSR count). The maximum absolute atomic E-state index is 13.1. The molecule has 3 atom stereocenters. The highest BCUT2D eigenvalue weighted by atomic mass is 16.5. The van der Waals surface area contributed by atoms with Gasteiger partial charge in [-0.25, -0.2) is 0 Å². The molecule has 0 aliphatic carbocycles. The molecule has 0 saturated heterocycles. The van der Waals surface area contributed by atoms with Gasteiger partial charge in [-0.1, -0.05) is 197 Å². The molecule has 0 radical (unpaired) electrons. The van der Waals surface area contributed by atoms with Crippen LogP contribution in [0, 0.1) is 0 Å². The fourth-order valence-corrected chi connectivity index (χ4v) is 7.14. The lowest BCUT2D eigenvalue weighted by Crippen LogP contribution is -2.46. The molecule has 0 spiro atoms. The van der Waals surface area contributed by atoms with Gasteiger partial charge in [0.15, 0.2) is 0 Å². The van der Waals surface area contributed by atoms with E-state index in [1.165, 1.54) is 83.5 Å². The van der Waals surface area contributed by atoms with Crippen molar-refractivity contribution in [1.29, 1.82) is 0 Å². The number of carbonyl (C=O) groups excluding carboxylic acids is 2. The van der Waals surface area contributed by atoms with Crippen LogP contribution in [0.1, 0.15) is 233 Å².